The largest absolute Gasteiger partial charge is 0.382 e. The zero-order valence-corrected chi connectivity index (χ0v) is 6.41. The standard InChI is InChI=1S/C8H11N3.H2/c1-6-3-2-4-7(5-6)8(9)11-10;/h2-5H,10H2,1H3,(H2,9,11);1H. The molecule has 0 saturated carbocycles. The number of hydrazone groups is 1. The van der Waals surface area contributed by atoms with Crippen molar-refractivity contribution >= 4 is 5.84 Å². The highest BCUT2D eigenvalue weighted by Gasteiger charge is 1.95. The maximum atomic E-state index is 5.49. The van der Waals surface area contributed by atoms with Crippen molar-refractivity contribution < 1.29 is 1.43 Å². The van der Waals surface area contributed by atoms with Crippen LogP contribution in [-0.4, -0.2) is 5.84 Å². The van der Waals surface area contributed by atoms with E-state index in [-0.39, 0.29) is 1.43 Å². The van der Waals surface area contributed by atoms with E-state index in [1.165, 1.54) is 0 Å². The molecular formula is C8H13N3. The van der Waals surface area contributed by atoms with Crippen LogP contribution >= 0.6 is 0 Å². The van der Waals surface area contributed by atoms with Crippen molar-refractivity contribution in [3.05, 3.63) is 35.4 Å². The average molecular weight is 151 g/mol. The molecule has 0 aliphatic rings. The lowest BCUT2D eigenvalue weighted by Crippen LogP contribution is -2.15. The molecule has 0 unspecified atom stereocenters. The molecule has 0 heterocycles. The summed E-state index contributed by atoms with van der Waals surface area (Å²) in [6.45, 7) is 1.99. The SMILES string of the molecule is Cc1cccc(/C(N)=N/N)c1.[HH]. The van der Waals surface area contributed by atoms with Crippen LogP contribution in [0.15, 0.2) is 29.4 Å². The third-order valence-electron chi connectivity index (χ3n) is 1.45. The minimum Gasteiger partial charge on any atom is -0.382 e. The van der Waals surface area contributed by atoms with Crippen molar-refractivity contribution in [3.63, 3.8) is 0 Å². The highest BCUT2D eigenvalue weighted by atomic mass is 15.1. The molecule has 1 aromatic rings. The van der Waals surface area contributed by atoms with Crippen molar-refractivity contribution in [3.8, 4) is 0 Å². The van der Waals surface area contributed by atoms with E-state index in [1.807, 2.05) is 31.2 Å². The fourth-order valence-electron chi connectivity index (χ4n) is 0.879. The molecule has 11 heavy (non-hydrogen) atoms. The lowest BCUT2D eigenvalue weighted by Gasteiger charge is -1.98. The van der Waals surface area contributed by atoms with Crippen LogP contribution in [0.1, 0.15) is 12.6 Å². The molecule has 0 atom stereocenters. The maximum Gasteiger partial charge on any atom is 0.150 e. The Morgan fingerprint density at radius 2 is 2.27 bits per heavy atom. The van der Waals surface area contributed by atoms with Gasteiger partial charge in [-0.1, -0.05) is 23.8 Å². The van der Waals surface area contributed by atoms with Crippen LogP contribution < -0.4 is 11.6 Å². The van der Waals surface area contributed by atoms with E-state index in [0.717, 1.165) is 11.1 Å². The summed E-state index contributed by atoms with van der Waals surface area (Å²) in [5.41, 5.74) is 7.50. The van der Waals surface area contributed by atoms with Gasteiger partial charge in [-0.2, -0.15) is 5.10 Å². The summed E-state index contributed by atoms with van der Waals surface area (Å²) in [6.07, 6.45) is 0. The van der Waals surface area contributed by atoms with Crippen molar-refractivity contribution in [1.82, 2.24) is 0 Å². The van der Waals surface area contributed by atoms with E-state index < -0.39 is 0 Å². The van der Waals surface area contributed by atoms with Gasteiger partial charge in [0.2, 0.25) is 0 Å². The quantitative estimate of drug-likeness (QED) is 0.270. The Hall–Kier alpha value is -1.51. The number of nitrogens with zero attached hydrogens (tertiary/aromatic N) is 1. The molecule has 1 rings (SSSR count). The molecule has 0 fully saturated rings. The summed E-state index contributed by atoms with van der Waals surface area (Å²) in [7, 11) is 0. The fraction of sp³-hybridized carbons (Fsp3) is 0.125. The minimum absolute atomic E-state index is 0. The van der Waals surface area contributed by atoms with E-state index in [2.05, 4.69) is 5.10 Å². The van der Waals surface area contributed by atoms with Crippen LogP contribution in [0.3, 0.4) is 0 Å². The van der Waals surface area contributed by atoms with Crippen molar-refractivity contribution in [1.29, 1.82) is 0 Å². The molecule has 0 aliphatic heterocycles. The lowest BCUT2D eigenvalue weighted by molar-refractivity contribution is 1.23. The maximum absolute atomic E-state index is 5.49. The first-order chi connectivity index (χ1) is 5.24. The van der Waals surface area contributed by atoms with Gasteiger partial charge in [0.15, 0.2) is 0 Å². The van der Waals surface area contributed by atoms with E-state index in [0.29, 0.717) is 5.84 Å². The Labute approximate surface area is 67.2 Å². The number of aryl methyl sites for hydroxylation is 1. The molecule has 1 aromatic carbocycles. The molecule has 0 radical (unpaired) electrons. The molecule has 0 aliphatic carbocycles. The molecule has 0 aromatic heterocycles. The topological polar surface area (TPSA) is 64.4 Å². The van der Waals surface area contributed by atoms with E-state index >= 15 is 0 Å². The summed E-state index contributed by atoms with van der Waals surface area (Å²) in [4.78, 5) is 0. The average Bonchev–Trinajstić information content (AvgIpc) is 2.03. The van der Waals surface area contributed by atoms with E-state index in [4.69, 9.17) is 11.6 Å². The number of hydrogen-bond acceptors (Lipinski definition) is 2. The van der Waals surface area contributed by atoms with Crippen molar-refractivity contribution in [2.24, 2.45) is 16.7 Å². The number of amidine groups is 1. The molecule has 60 valence electrons. The zero-order chi connectivity index (χ0) is 8.27. The zero-order valence-electron chi connectivity index (χ0n) is 6.41. The number of nitrogens with two attached hydrogens (primary N) is 2. The van der Waals surface area contributed by atoms with Gasteiger partial charge in [0.1, 0.15) is 5.84 Å². The highest BCUT2D eigenvalue weighted by molar-refractivity contribution is 5.97. The van der Waals surface area contributed by atoms with Crippen LogP contribution in [-0.2, 0) is 0 Å². The molecule has 0 bridgehead atoms. The van der Waals surface area contributed by atoms with Gasteiger partial charge in [0.25, 0.3) is 0 Å². The van der Waals surface area contributed by atoms with Crippen LogP contribution in [0.5, 0.6) is 0 Å². The predicted molar refractivity (Wildman–Crippen MR) is 48.2 cm³/mol. The summed E-state index contributed by atoms with van der Waals surface area (Å²) in [5.74, 6) is 5.39. The molecule has 0 saturated heterocycles. The van der Waals surface area contributed by atoms with E-state index in [9.17, 15) is 0 Å². The van der Waals surface area contributed by atoms with Gasteiger partial charge in [0.05, 0.1) is 0 Å². The first-order valence-electron chi connectivity index (χ1n) is 3.34. The van der Waals surface area contributed by atoms with Gasteiger partial charge >= 0.3 is 0 Å². The lowest BCUT2D eigenvalue weighted by atomic mass is 10.1. The van der Waals surface area contributed by atoms with Crippen LogP contribution in [0.25, 0.3) is 0 Å². The smallest absolute Gasteiger partial charge is 0.150 e. The Bertz CT molecular complexity index is 283. The van der Waals surface area contributed by atoms with Crippen molar-refractivity contribution in [2.45, 2.75) is 6.92 Å². The van der Waals surface area contributed by atoms with Gasteiger partial charge in [-0.05, 0) is 13.0 Å². The molecular weight excluding hydrogens is 138 g/mol. The summed E-state index contributed by atoms with van der Waals surface area (Å²) < 4.78 is 0. The van der Waals surface area contributed by atoms with Gasteiger partial charge in [-0.25, -0.2) is 0 Å². The van der Waals surface area contributed by atoms with E-state index in [1.54, 1.807) is 0 Å². The molecule has 0 spiro atoms. The molecule has 0 amide bonds. The molecule has 4 N–H and O–H groups in total. The van der Waals surface area contributed by atoms with Crippen LogP contribution in [0, 0.1) is 6.92 Å². The third kappa shape index (κ3) is 1.70. The second-order valence-corrected chi connectivity index (χ2v) is 2.38. The van der Waals surface area contributed by atoms with Crippen LogP contribution in [0.4, 0.5) is 0 Å². The first kappa shape index (κ1) is 7.60. The number of benzene rings is 1. The molecule has 3 heteroatoms. The normalized spacial score (nSPS) is 11.5. The molecule has 3 nitrogen and oxygen atoms in total. The van der Waals surface area contributed by atoms with Gasteiger partial charge in [-0.3, -0.25) is 0 Å². The summed E-state index contributed by atoms with van der Waals surface area (Å²) >= 11 is 0. The predicted octanol–water partition coefficient (Wildman–Crippen LogP) is 0.820. The van der Waals surface area contributed by atoms with Gasteiger partial charge in [-0.15, -0.1) is 0 Å². The Balaban J connectivity index is 0.00000121. The monoisotopic (exact) mass is 151 g/mol. The number of rotatable bonds is 1. The van der Waals surface area contributed by atoms with Crippen molar-refractivity contribution in [2.75, 3.05) is 0 Å². The van der Waals surface area contributed by atoms with Gasteiger partial charge < -0.3 is 11.6 Å². The highest BCUT2D eigenvalue weighted by Crippen LogP contribution is 2.02. The Kier molecular flexibility index (Phi) is 2.11. The minimum atomic E-state index is 0. The van der Waals surface area contributed by atoms with Crippen LogP contribution in [0.2, 0.25) is 0 Å². The van der Waals surface area contributed by atoms with Gasteiger partial charge in [0, 0.05) is 6.99 Å². The second kappa shape index (κ2) is 3.05. The first-order valence-corrected chi connectivity index (χ1v) is 3.34. The number of hydrogen-bond donors (Lipinski definition) is 2. The summed E-state index contributed by atoms with van der Waals surface area (Å²) in [6, 6.07) is 7.72. The fourth-order valence-corrected chi connectivity index (χ4v) is 0.879. The Morgan fingerprint density at radius 3 is 2.82 bits per heavy atom. The third-order valence-corrected chi connectivity index (χ3v) is 1.45. The second-order valence-electron chi connectivity index (χ2n) is 2.38. The summed E-state index contributed by atoms with van der Waals surface area (Å²) in [5, 5.41) is 3.39. The Morgan fingerprint density at radius 1 is 1.55 bits per heavy atom.